The largest absolute Gasteiger partial charge is 0.401 e. The first-order valence-electron chi connectivity index (χ1n) is 7.22. The van der Waals surface area contributed by atoms with Crippen LogP contribution in [0.15, 0.2) is 30.3 Å². The minimum atomic E-state index is -4.17. The van der Waals surface area contributed by atoms with Gasteiger partial charge in [-0.1, -0.05) is 30.3 Å². The van der Waals surface area contributed by atoms with Gasteiger partial charge in [-0.2, -0.15) is 13.2 Å². The number of hydrogen-bond donors (Lipinski definition) is 2. The lowest BCUT2D eigenvalue weighted by Crippen LogP contribution is -2.38. The van der Waals surface area contributed by atoms with Crippen molar-refractivity contribution in [3.05, 3.63) is 35.9 Å². The molecule has 1 amide bonds. The van der Waals surface area contributed by atoms with Crippen LogP contribution in [0.3, 0.4) is 0 Å². The number of amides is 1. The molecule has 3 N–H and O–H groups in total. The molecule has 2 rings (SSSR count). The van der Waals surface area contributed by atoms with E-state index in [1.807, 2.05) is 6.07 Å². The summed E-state index contributed by atoms with van der Waals surface area (Å²) in [5.41, 5.74) is 6.58. The second kappa shape index (κ2) is 7.11. The number of rotatable bonds is 5. The van der Waals surface area contributed by atoms with E-state index in [0.29, 0.717) is 31.6 Å². The van der Waals surface area contributed by atoms with Gasteiger partial charge in [0.15, 0.2) is 0 Å². The van der Waals surface area contributed by atoms with E-state index in [9.17, 15) is 18.0 Å². The Morgan fingerprint density at radius 2 is 2.05 bits per heavy atom. The number of nitrogens with two attached hydrogens (primary N) is 1. The summed E-state index contributed by atoms with van der Waals surface area (Å²) in [6, 6.07) is 8.22. The summed E-state index contributed by atoms with van der Waals surface area (Å²) in [4.78, 5) is 13.3. The highest BCUT2D eigenvalue weighted by Crippen LogP contribution is 2.22. The number of nitrogens with zero attached hydrogens (tertiary/aromatic N) is 1. The third-order valence-corrected chi connectivity index (χ3v) is 3.78. The van der Waals surface area contributed by atoms with Crippen molar-refractivity contribution in [2.75, 3.05) is 26.2 Å². The SMILES string of the molecule is NC(C(=O)NCC1CCN(CC(F)(F)F)C1)c1ccccc1. The summed E-state index contributed by atoms with van der Waals surface area (Å²) in [7, 11) is 0. The van der Waals surface area contributed by atoms with Gasteiger partial charge >= 0.3 is 6.18 Å². The quantitative estimate of drug-likeness (QED) is 0.869. The van der Waals surface area contributed by atoms with Crippen molar-refractivity contribution in [2.24, 2.45) is 11.7 Å². The molecule has 7 heteroatoms. The first-order chi connectivity index (χ1) is 10.3. The number of nitrogens with one attached hydrogen (secondary N) is 1. The number of benzene rings is 1. The van der Waals surface area contributed by atoms with Gasteiger partial charge in [-0.15, -0.1) is 0 Å². The molecule has 1 aromatic carbocycles. The molecule has 22 heavy (non-hydrogen) atoms. The molecule has 2 atom stereocenters. The third kappa shape index (κ3) is 4.99. The Kier molecular flexibility index (Phi) is 5.42. The molecule has 1 saturated heterocycles. The average molecular weight is 315 g/mol. The molecule has 0 spiro atoms. The molecular formula is C15H20F3N3O. The van der Waals surface area contributed by atoms with Gasteiger partial charge in [-0.25, -0.2) is 0 Å². The first-order valence-corrected chi connectivity index (χ1v) is 7.22. The maximum atomic E-state index is 12.3. The number of alkyl halides is 3. The van der Waals surface area contributed by atoms with Crippen molar-refractivity contribution in [1.82, 2.24) is 10.2 Å². The molecule has 2 unspecified atom stereocenters. The summed E-state index contributed by atoms with van der Waals surface area (Å²) in [6.07, 6.45) is -3.52. The van der Waals surface area contributed by atoms with Gasteiger partial charge in [0.2, 0.25) is 5.91 Å². The fourth-order valence-corrected chi connectivity index (χ4v) is 2.64. The van der Waals surface area contributed by atoms with Crippen molar-refractivity contribution in [1.29, 1.82) is 0 Å². The van der Waals surface area contributed by atoms with Crippen LogP contribution >= 0.6 is 0 Å². The topological polar surface area (TPSA) is 58.4 Å². The zero-order valence-electron chi connectivity index (χ0n) is 12.1. The third-order valence-electron chi connectivity index (χ3n) is 3.78. The molecule has 1 aromatic rings. The maximum absolute atomic E-state index is 12.3. The molecule has 1 aliphatic rings. The summed E-state index contributed by atoms with van der Waals surface area (Å²) in [5, 5.41) is 2.73. The molecule has 0 aliphatic carbocycles. The Balaban J connectivity index is 1.76. The lowest BCUT2D eigenvalue weighted by molar-refractivity contribution is -0.143. The predicted molar refractivity (Wildman–Crippen MR) is 77.0 cm³/mol. The van der Waals surface area contributed by atoms with E-state index in [-0.39, 0.29) is 11.8 Å². The van der Waals surface area contributed by atoms with Crippen LogP contribution in [-0.2, 0) is 4.79 Å². The molecule has 1 fully saturated rings. The van der Waals surface area contributed by atoms with E-state index in [4.69, 9.17) is 5.73 Å². The van der Waals surface area contributed by atoms with E-state index >= 15 is 0 Å². The second-order valence-electron chi connectivity index (χ2n) is 5.64. The normalized spacial score (nSPS) is 20.8. The van der Waals surface area contributed by atoms with Crippen LogP contribution in [0.4, 0.5) is 13.2 Å². The summed E-state index contributed by atoms with van der Waals surface area (Å²) < 4.78 is 36.9. The van der Waals surface area contributed by atoms with Gasteiger partial charge in [-0.3, -0.25) is 9.69 Å². The number of hydrogen-bond acceptors (Lipinski definition) is 3. The standard InChI is InChI=1S/C15H20F3N3O/c16-15(17,18)10-21-7-6-11(9-21)8-20-14(22)13(19)12-4-2-1-3-5-12/h1-5,11,13H,6-10,19H2,(H,20,22). The monoisotopic (exact) mass is 315 g/mol. The van der Waals surface area contributed by atoms with Gasteiger partial charge in [0.1, 0.15) is 6.04 Å². The van der Waals surface area contributed by atoms with E-state index in [2.05, 4.69) is 5.32 Å². The minimum absolute atomic E-state index is 0.0364. The molecule has 1 heterocycles. The van der Waals surface area contributed by atoms with Gasteiger partial charge in [0.05, 0.1) is 6.54 Å². The fraction of sp³-hybridized carbons (Fsp3) is 0.533. The Morgan fingerprint density at radius 1 is 1.36 bits per heavy atom. The Labute approximate surface area is 127 Å². The Bertz CT molecular complexity index is 493. The highest BCUT2D eigenvalue weighted by Gasteiger charge is 2.34. The molecule has 0 bridgehead atoms. The lowest BCUT2D eigenvalue weighted by Gasteiger charge is -2.18. The zero-order chi connectivity index (χ0) is 16.2. The van der Waals surface area contributed by atoms with Gasteiger partial charge in [-0.05, 0) is 24.4 Å². The van der Waals surface area contributed by atoms with Crippen LogP contribution in [0.25, 0.3) is 0 Å². The number of carbonyl (C=O) groups excluding carboxylic acids is 1. The Morgan fingerprint density at radius 3 is 2.68 bits per heavy atom. The molecule has 122 valence electrons. The van der Waals surface area contributed by atoms with Crippen molar-refractivity contribution in [2.45, 2.75) is 18.6 Å². The average Bonchev–Trinajstić information content (AvgIpc) is 2.90. The number of likely N-dealkylation sites (tertiary alicyclic amines) is 1. The van der Waals surface area contributed by atoms with Crippen molar-refractivity contribution >= 4 is 5.91 Å². The number of carbonyl (C=O) groups is 1. The van der Waals surface area contributed by atoms with Crippen LogP contribution in [0.2, 0.25) is 0 Å². The van der Waals surface area contributed by atoms with Crippen LogP contribution < -0.4 is 11.1 Å². The second-order valence-corrected chi connectivity index (χ2v) is 5.64. The highest BCUT2D eigenvalue weighted by atomic mass is 19.4. The molecule has 0 aromatic heterocycles. The van der Waals surface area contributed by atoms with E-state index in [0.717, 1.165) is 0 Å². The smallest absolute Gasteiger partial charge is 0.354 e. The van der Waals surface area contributed by atoms with Crippen molar-refractivity contribution in [3.8, 4) is 0 Å². The van der Waals surface area contributed by atoms with Crippen LogP contribution in [0, 0.1) is 5.92 Å². The molecular weight excluding hydrogens is 295 g/mol. The highest BCUT2D eigenvalue weighted by molar-refractivity contribution is 5.82. The zero-order valence-corrected chi connectivity index (χ0v) is 12.1. The molecule has 4 nitrogen and oxygen atoms in total. The van der Waals surface area contributed by atoms with E-state index in [1.54, 1.807) is 24.3 Å². The lowest BCUT2D eigenvalue weighted by atomic mass is 10.1. The van der Waals surface area contributed by atoms with Gasteiger partial charge < -0.3 is 11.1 Å². The molecule has 0 radical (unpaired) electrons. The van der Waals surface area contributed by atoms with Crippen LogP contribution in [0.1, 0.15) is 18.0 Å². The minimum Gasteiger partial charge on any atom is -0.354 e. The first kappa shape index (κ1) is 16.8. The number of halogens is 3. The Hall–Kier alpha value is -1.60. The molecule has 1 aliphatic heterocycles. The summed E-state index contributed by atoms with van der Waals surface area (Å²) >= 11 is 0. The predicted octanol–water partition coefficient (Wildman–Crippen LogP) is 1.69. The van der Waals surface area contributed by atoms with Crippen LogP contribution in [-0.4, -0.2) is 43.2 Å². The van der Waals surface area contributed by atoms with Gasteiger partial charge in [0.25, 0.3) is 0 Å². The molecule has 0 saturated carbocycles. The summed E-state index contributed by atoms with van der Waals surface area (Å²) in [6.45, 7) is 0.222. The van der Waals surface area contributed by atoms with E-state index < -0.39 is 18.8 Å². The van der Waals surface area contributed by atoms with Gasteiger partial charge in [0, 0.05) is 13.1 Å². The van der Waals surface area contributed by atoms with Crippen molar-refractivity contribution < 1.29 is 18.0 Å². The maximum Gasteiger partial charge on any atom is 0.401 e. The summed E-state index contributed by atoms with van der Waals surface area (Å²) in [5.74, 6) is -0.269. The van der Waals surface area contributed by atoms with E-state index in [1.165, 1.54) is 4.90 Å². The van der Waals surface area contributed by atoms with Crippen molar-refractivity contribution in [3.63, 3.8) is 0 Å². The fourth-order valence-electron chi connectivity index (χ4n) is 2.64. The van der Waals surface area contributed by atoms with Crippen LogP contribution in [0.5, 0.6) is 0 Å².